The molecule has 0 bridgehead atoms. The van der Waals surface area contributed by atoms with Crippen LogP contribution in [-0.2, 0) is 4.74 Å². The summed E-state index contributed by atoms with van der Waals surface area (Å²) >= 11 is 0. The summed E-state index contributed by atoms with van der Waals surface area (Å²) in [7, 11) is 0. The van der Waals surface area contributed by atoms with E-state index in [4.69, 9.17) is 4.74 Å². The average Bonchev–Trinajstić information content (AvgIpc) is 2.32. The molecular weight excluding hydrogens is 226 g/mol. The molecule has 18 heavy (non-hydrogen) atoms. The van der Waals surface area contributed by atoms with E-state index in [0.717, 1.165) is 51.8 Å². The number of hydrogen-bond acceptors (Lipinski definition) is 4. The lowest BCUT2D eigenvalue weighted by molar-refractivity contribution is -0.0521. The van der Waals surface area contributed by atoms with Crippen molar-refractivity contribution in [1.29, 1.82) is 0 Å². The molecular formula is C14H29N3O. The number of nitrogens with zero attached hydrogens (tertiary/aromatic N) is 2. The molecule has 2 aliphatic heterocycles. The molecule has 0 spiro atoms. The third kappa shape index (κ3) is 4.19. The van der Waals surface area contributed by atoms with E-state index in [2.05, 4.69) is 35.9 Å². The minimum Gasteiger partial charge on any atom is -0.374 e. The van der Waals surface area contributed by atoms with Crippen molar-refractivity contribution < 1.29 is 4.74 Å². The number of nitrogens with one attached hydrogen (secondary N) is 1. The normalized spacial score (nSPS) is 32.0. The van der Waals surface area contributed by atoms with Crippen LogP contribution >= 0.6 is 0 Å². The molecule has 1 unspecified atom stereocenters. The molecule has 0 aromatic rings. The number of hydrogen-bond donors (Lipinski definition) is 1. The SMILES string of the molecule is CC(C)CN1CCOC(CN2CCNC[C@@H]2C)C1. The molecule has 0 aliphatic carbocycles. The minimum atomic E-state index is 0.401. The summed E-state index contributed by atoms with van der Waals surface area (Å²) in [5, 5.41) is 3.44. The van der Waals surface area contributed by atoms with Crippen LogP contribution in [0.15, 0.2) is 0 Å². The molecule has 0 saturated carbocycles. The largest absolute Gasteiger partial charge is 0.374 e. The summed E-state index contributed by atoms with van der Waals surface area (Å²) < 4.78 is 5.94. The number of morpholine rings is 1. The van der Waals surface area contributed by atoms with Gasteiger partial charge in [0.2, 0.25) is 0 Å². The van der Waals surface area contributed by atoms with Crippen LogP contribution in [0.4, 0.5) is 0 Å². The number of piperazine rings is 1. The van der Waals surface area contributed by atoms with Crippen molar-refractivity contribution in [3.63, 3.8) is 0 Å². The third-order valence-corrected chi connectivity index (χ3v) is 3.92. The Bertz CT molecular complexity index is 247. The Kier molecular flexibility index (Phi) is 5.42. The van der Waals surface area contributed by atoms with Crippen molar-refractivity contribution in [3.05, 3.63) is 0 Å². The van der Waals surface area contributed by atoms with E-state index in [1.807, 2.05) is 0 Å². The van der Waals surface area contributed by atoms with Crippen molar-refractivity contribution in [1.82, 2.24) is 15.1 Å². The van der Waals surface area contributed by atoms with E-state index in [1.165, 1.54) is 6.54 Å². The molecule has 2 atom stereocenters. The smallest absolute Gasteiger partial charge is 0.0829 e. The van der Waals surface area contributed by atoms with Gasteiger partial charge in [-0.3, -0.25) is 9.80 Å². The van der Waals surface area contributed by atoms with Gasteiger partial charge in [0.05, 0.1) is 12.7 Å². The second-order valence-electron chi connectivity index (χ2n) is 6.19. The molecule has 2 heterocycles. The van der Waals surface area contributed by atoms with Gasteiger partial charge in [0.25, 0.3) is 0 Å². The van der Waals surface area contributed by atoms with E-state index < -0.39 is 0 Å². The molecule has 0 aromatic carbocycles. The lowest BCUT2D eigenvalue weighted by Crippen LogP contribution is -2.55. The quantitative estimate of drug-likeness (QED) is 0.798. The number of ether oxygens (including phenoxy) is 1. The van der Waals surface area contributed by atoms with Crippen molar-refractivity contribution in [2.75, 3.05) is 52.4 Å². The van der Waals surface area contributed by atoms with Crippen LogP contribution in [0.2, 0.25) is 0 Å². The molecule has 0 aromatic heterocycles. The molecule has 2 fully saturated rings. The Balaban J connectivity index is 1.77. The van der Waals surface area contributed by atoms with Gasteiger partial charge >= 0.3 is 0 Å². The third-order valence-electron chi connectivity index (χ3n) is 3.92. The summed E-state index contributed by atoms with van der Waals surface area (Å²) in [6, 6.07) is 0.642. The van der Waals surface area contributed by atoms with Gasteiger partial charge in [0.15, 0.2) is 0 Å². The van der Waals surface area contributed by atoms with Crippen molar-refractivity contribution in [2.45, 2.75) is 32.9 Å². The molecule has 0 radical (unpaired) electrons. The molecule has 4 nitrogen and oxygen atoms in total. The van der Waals surface area contributed by atoms with Crippen LogP contribution in [0.5, 0.6) is 0 Å². The summed E-state index contributed by atoms with van der Waals surface area (Å²) in [5.41, 5.74) is 0. The zero-order chi connectivity index (χ0) is 13.0. The molecule has 2 saturated heterocycles. The van der Waals surface area contributed by atoms with Crippen LogP contribution in [-0.4, -0.2) is 74.4 Å². The van der Waals surface area contributed by atoms with E-state index in [0.29, 0.717) is 12.1 Å². The van der Waals surface area contributed by atoms with Gasteiger partial charge in [-0.05, 0) is 12.8 Å². The molecule has 0 amide bonds. The van der Waals surface area contributed by atoms with Crippen molar-refractivity contribution in [2.24, 2.45) is 5.92 Å². The Labute approximate surface area is 112 Å². The van der Waals surface area contributed by atoms with E-state index in [9.17, 15) is 0 Å². The lowest BCUT2D eigenvalue weighted by atomic mass is 10.1. The highest BCUT2D eigenvalue weighted by molar-refractivity contribution is 4.81. The highest BCUT2D eigenvalue weighted by atomic mass is 16.5. The van der Waals surface area contributed by atoms with E-state index in [-0.39, 0.29) is 0 Å². The topological polar surface area (TPSA) is 27.7 Å². The predicted octanol–water partition coefficient (Wildman–Crippen LogP) is 0.637. The first kappa shape index (κ1) is 14.3. The van der Waals surface area contributed by atoms with Gasteiger partial charge in [-0.1, -0.05) is 13.8 Å². The van der Waals surface area contributed by atoms with Gasteiger partial charge in [0.1, 0.15) is 0 Å². The molecule has 106 valence electrons. The van der Waals surface area contributed by atoms with E-state index >= 15 is 0 Å². The summed E-state index contributed by atoms with van der Waals surface area (Å²) in [6.45, 7) is 15.7. The lowest BCUT2D eigenvalue weighted by Gasteiger charge is -2.40. The van der Waals surface area contributed by atoms with Gasteiger partial charge in [-0.2, -0.15) is 0 Å². The van der Waals surface area contributed by atoms with Crippen LogP contribution in [0.25, 0.3) is 0 Å². The zero-order valence-electron chi connectivity index (χ0n) is 12.2. The molecule has 1 N–H and O–H groups in total. The Morgan fingerprint density at radius 3 is 2.89 bits per heavy atom. The van der Waals surface area contributed by atoms with Crippen LogP contribution < -0.4 is 5.32 Å². The Morgan fingerprint density at radius 2 is 2.17 bits per heavy atom. The molecule has 2 rings (SSSR count). The number of rotatable bonds is 4. The second kappa shape index (κ2) is 6.85. The first-order chi connectivity index (χ1) is 8.65. The van der Waals surface area contributed by atoms with Crippen LogP contribution in [0.1, 0.15) is 20.8 Å². The molecule has 4 heteroatoms. The standard InChI is InChI=1S/C14H29N3O/c1-12(2)9-16-6-7-18-14(10-16)11-17-5-4-15-8-13(17)3/h12-15H,4-11H2,1-3H3/t13-,14?/m0/s1. The van der Waals surface area contributed by atoms with Gasteiger partial charge in [-0.25, -0.2) is 0 Å². The fourth-order valence-electron chi connectivity index (χ4n) is 2.99. The van der Waals surface area contributed by atoms with Gasteiger partial charge < -0.3 is 10.1 Å². The van der Waals surface area contributed by atoms with Crippen LogP contribution in [0.3, 0.4) is 0 Å². The first-order valence-electron chi connectivity index (χ1n) is 7.44. The molecule has 2 aliphatic rings. The van der Waals surface area contributed by atoms with Crippen molar-refractivity contribution in [3.8, 4) is 0 Å². The summed E-state index contributed by atoms with van der Waals surface area (Å²) in [5.74, 6) is 0.752. The van der Waals surface area contributed by atoms with E-state index in [1.54, 1.807) is 0 Å². The maximum absolute atomic E-state index is 5.94. The zero-order valence-corrected chi connectivity index (χ0v) is 12.2. The summed E-state index contributed by atoms with van der Waals surface area (Å²) in [4.78, 5) is 5.13. The first-order valence-corrected chi connectivity index (χ1v) is 7.44. The monoisotopic (exact) mass is 255 g/mol. The summed E-state index contributed by atoms with van der Waals surface area (Å²) in [6.07, 6.45) is 0.401. The fraction of sp³-hybridized carbons (Fsp3) is 1.00. The fourth-order valence-corrected chi connectivity index (χ4v) is 2.99. The maximum Gasteiger partial charge on any atom is 0.0829 e. The van der Waals surface area contributed by atoms with Crippen LogP contribution in [0, 0.1) is 5.92 Å². The highest BCUT2D eigenvalue weighted by Crippen LogP contribution is 2.11. The average molecular weight is 255 g/mol. The second-order valence-corrected chi connectivity index (χ2v) is 6.19. The Morgan fingerprint density at radius 1 is 1.33 bits per heavy atom. The maximum atomic E-state index is 5.94. The van der Waals surface area contributed by atoms with Gasteiger partial charge in [0, 0.05) is 51.9 Å². The highest BCUT2D eigenvalue weighted by Gasteiger charge is 2.26. The minimum absolute atomic E-state index is 0.401. The van der Waals surface area contributed by atoms with Crippen molar-refractivity contribution >= 4 is 0 Å². The Hall–Kier alpha value is -0.160. The predicted molar refractivity (Wildman–Crippen MR) is 74.9 cm³/mol. The van der Waals surface area contributed by atoms with Gasteiger partial charge in [-0.15, -0.1) is 0 Å².